The lowest BCUT2D eigenvalue weighted by Crippen LogP contribution is -2.11. The second kappa shape index (κ2) is 6.71. The zero-order chi connectivity index (χ0) is 18.1. The van der Waals surface area contributed by atoms with Gasteiger partial charge in [-0.2, -0.15) is 4.98 Å². The summed E-state index contributed by atoms with van der Waals surface area (Å²) in [7, 11) is -3.58. The van der Waals surface area contributed by atoms with E-state index in [0.717, 1.165) is 11.3 Å². The first-order chi connectivity index (χ1) is 12.5. The van der Waals surface area contributed by atoms with Gasteiger partial charge in [-0.1, -0.05) is 11.2 Å². The van der Waals surface area contributed by atoms with Gasteiger partial charge in [0.2, 0.25) is 5.82 Å². The van der Waals surface area contributed by atoms with E-state index in [9.17, 15) is 8.42 Å². The second-order valence-electron chi connectivity index (χ2n) is 5.14. The lowest BCUT2D eigenvalue weighted by molar-refractivity contribution is 0.414. The molecule has 0 saturated carbocycles. The highest BCUT2D eigenvalue weighted by atomic mass is 79.9. The van der Waals surface area contributed by atoms with Crippen molar-refractivity contribution in [1.82, 2.24) is 10.1 Å². The van der Waals surface area contributed by atoms with E-state index in [4.69, 9.17) is 8.94 Å². The Balaban J connectivity index is 1.54. The summed E-state index contributed by atoms with van der Waals surface area (Å²) in [6.45, 7) is 0. The highest BCUT2D eigenvalue weighted by molar-refractivity contribution is 9.10. The summed E-state index contributed by atoms with van der Waals surface area (Å²) in [5.41, 5.74) is 1.13. The van der Waals surface area contributed by atoms with Crippen molar-refractivity contribution in [2.45, 2.75) is 4.21 Å². The van der Waals surface area contributed by atoms with Gasteiger partial charge in [0.25, 0.3) is 15.9 Å². The minimum atomic E-state index is -3.58. The van der Waals surface area contributed by atoms with Crippen LogP contribution in [0.2, 0.25) is 0 Å². The maximum Gasteiger partial charge on any atom is 0.293 e. The average Bonchev–Trinajstić information content (AvgIpc) is 3.36. The SMILES string of the molecule is O=S(=O)(Nc1ccc(-c2noc(-c3ccc(Br)o3)n2)cc1)c1cccs1. The predicted octanol–water partition coefficient (Wildman–Crippen LogP) is 4.62. The Kier molecular flexibility index (Phi) is 4.39. The molecule has 0 amide bonds. The number of anilines is 1. The Hall–Kier alpha value is -2.43. The smallest absolute Gasteiger partial charge is 0.293 e. The fourth-order valence-electron chi connectivity index (χ4n) is 2.18. The molecule has 7 nitrogen and oxygen atoms in total. The second-order valence-corrected chi connectivity index (χ2v) is 8.78. The number of rotatable bonds is 5. The fourth-order valence-corrected chi connectivity index (χ4v) is 4.54. The molecule has 26 heavy (non-hydrogen) atoms. The van der Waals surface area contributed by atoms with E-state index in [1.54, 1.807) is 53.9 Å². The van der Waals surface area contributed by atoms with E-state index in [1.165, 1.54) is 0 Å². The third-order valence-corrected chi connectivity index (χ3v) is 6.57. The first kappa shape index (κ1) is 17.0. The molecule has 0 bridgehead atoms. The zero-order valence-electron chi connectivity index (χ0n) is 12.9. The molecule has 0 saturated heterocycles. The molecule has 0 fully saturated rings. The van der Waals surface area contributed by atoms with Gasteiger partial charge < -0.3 is 8.94 Å². The van der Waals surface area contributed by atoms with Crippen LogP contribution in [-0.2, 0) is 10.0 Å². The lowest BCUT2D eigenvalue weighted by atomic mass is 10.2. The molecule has 3 aromatic heterocycles. The van der Waals surface area contributed by atoms with Crippen molar-refractivity contribution in [1.29, 1.82) is 0 Å². The molecule has 1 N–H and O–H groups in total. The highest BCUT2D eigenvalue weighted by Gasteiger charge is 2.16. The van der Waals surface area contributed by atoms with Crippen molar-refractivity contribution in [3.63, 3.8) is 0 Å². The summed E-state index contributed by atoms with van der Waals surface area (Å²) >= 11 is 4.37. The van der Waals surface area contributed by atoms with E-state index in [1.807, 2.05) is 0 Å². The number of nitrogens with zero attached hydrogens (tertiary/aromatic N) is 2. The number of furan rings is 1. The van der Waals surface area contributed by atoms with Gasteiger partial charge in [0.1, 0.15) is 4.21 Å². The Labute approximate surface area is 160 Å². The standard InChI is InChI=1S/C16H10BrN3O4S2/c17-13-8-7-12(23-13)16-18-15(19-24-16)10-3-5-11(6-4-10)20-26(21,22)14-2-1-9-25-14/h1-9,20H. The van der Waals surface area contributed by atoms with Crippen LogP contribution in [0.1, 0.15) is 0 Å². The topological polar surface area (TPSA) is 98.2 Å². The number of halogens is 1. The first-order valence-electron chi connectivity index (χ1n) is 7.27. The largest absolute Gasteiger partial charge is 0.444 e. The van der Waals surface area contributed by atoms with Gasteiger partial charge in [0.05, 0.1) is 0 Å². The van der Waals surface area contributed by atoms with E-state index in [0.29, 0.717) is 27.5 Å². The third kappa shape index (κ3) is 3.43. The van der Waals surface area contributed by atoms with Crippen LogP contribution in [-0.4, -0.2) is 18.6 Å². The van der Waals surface area contributed by atoms with Gasteiger partial charge in [0.15, 0.2) is 10.4 Å². The van der Waals surface area contributed by atoms with Crippen molar-refractivity contribution in [3.05, 3.63) is 58.6 Å². The van der Waals surface area contributed by atoms with E-state index in [2.05, 4.69) is 30.8 Å². The molecule has 0 aliphatic carbocycles. The summed E-state index contributed by atoms with van der Waals surface area (Å²) in [6.07, 6.45) is 0. The molecule has 0 atom stereocenters. The average molecular weight is 452 g/mol. The van der Waals surface area contributed by atoms with Crippen LogP contribution >= 0.6 is 27.3 Å². The molecule has 0 radical (unpaired) electrons. The predicted molar refractivity (Wildman–Crippen MR) is 100 cm³/mol. The minimum Gasteiger partial charge on any atom is -0.444 e. The molecule has 10 heteroatoms. The normalized spacial score (nSPS) is 11.6. The quantitative estimate of drug-likeness (QED) is 0.475. The number of hydrogen-bond donors (Lipinski definition) is 1. The molecule has 1 aromatic carbocycles. The fraction of sp³-hybridized carbons (Fsp3) is 0. The number of nitrogens with one attached hydrogen (secondary N) is 1. The maximum absolute atomic E-state index is 12.2. The molecule has 0 unspecified atom stereocenters. The molecule has 0 aliphatic heterocycles. The summed E-state index contributed by atoms with van der Waals surface area (Å²) < 4.78 is 38.4. The van der Waals surface area contributed by atoms with Crippen LogP contribution < -0.4 is 4.72 Å². The van der Waals surface area contributed by atoms with Gasteiger partial charge in [-0.3, -0.25) is 4.72 Å². The lowest BCUT2D eigenvalue weighted by Gasteiger charge is -2.06. The van der Waals surface area contributed by atoms with Gasteiger partial charge in [-0.05, 0) is 63.8 Å². The van der Waals surface area contributed by atoms with Crippen LogP contribution in [0.5, 0.6) is 0 Å². The van der Waals surface area contributed by atoms with Crippen molar-refractivity contribution in [3.8, 4) is 23.0 Å². The van der Waals surface area contributed by atoms with Crippen molar-refractivity contribution >= 4 is 43.0 Å². The van der Waals surface area contributed by atoms with Crippen molar-refractivity contribution < 1.29 is 17.4 Å². The van der Waals surface area contributed by atoms with Crippen LogP contribution in [0.4, 0.5) is 5.69 Å². The number of sulfonamides is 1. The summed E-state index contributed by atoms with van der Waals surface area (Å²) in [5.74, 6) is 1.09. The van der Waals surface area contributed by atoms with E-state index in [-0.39, 0.29) is 10.1 Å². The van der Waals surface area contributed by atoms with E-state index < -0.39 is 10.0 Å². The molecule has 4 aromatic rings. The van der Waals surface area contributed by atoms with Crippen LogP contribution in [0, 0.1) is 0 Å². The third-order valence-electron chi connectivity index (χ3n) is 3.37. The summed E-state index contributed by atoms with van der Waals surface area (Å²) in [4.78, 5) is 4.28. The molecule has 0 spiro atoms. The van der Waals surface area contributed by atoms with Crippen molar-refractivity contribution in [2.24, 2.45) is 0 Å². The monoisotopic (exact) mass is 451 g/mol. The minimum absolute atomic E-state index is 0.258. The number of benzene rings is 1. The van der Waals surface area contributed by atoms with Gasteiger partial charge in [-0.25, -0.2) is 8.42 Å². The number of thiophene rings is 1. The van der Waals surface area contributed by atoms with Crippen LogP contribution in [0.3, 0.4) is 0 Å². The maximum atomic E-state index is 12.2. The molecule has 4 rings (SSSR count). The number of hydrogen-bond acceptors (Lipinski definition) is 7. The summed E-state index contributed by atoms with van der Waals surface area (Å²) in [6, 6.07) is 13.4. The highest BCUT2D eigenvalue weighted by Crippen LogP contribution is 2.27. The molecular weight excluding hydrogens is 442 g/mol. The Morgan fingerprint density at radius 2 is 1.88 bits per heavy atom. The number of aromatic nitrogens is 2. The Morgan fingerprint density at radius 3 is 2.54 bits per heavy atom. The molecular formula is C16H10BrN3O4S2. The van der Waals surface area contributed by atoms with Crippen molar-refractivity contribution in [2.75, 3.05) is 4.72 Å². The molecule has 0 aliphatic rings. The van der Waals surface area contributed by atoms with E-state index >= 15 is 0 Å². The van der Waals surface area contributed by atoms with Crippen LogP contribution in [0.15, 0.2) is 71.7 Å². The zero-order valence-corrected chi connectivity index (χ0v) is 16.1. The Bertz CT molecular complexity index is 1130. The van der Waals surface area contributed by atoms with Crippen LogP contribution in [0.25, 0.3) is 23.0 Å². The van der Waals surface area contributed by atoms with Gasteiger partial charge >= 0.3 is 0 Å². The van der Waals surface area contributed by atoms with Gasteiger partial charge in [-0.15, -0.1) is 11.3 Å². The first-order valence-corrected chi connectivity index (χ1v) is 10.4. The molecule has 3 heterocycles. The molecule has 132 valence electrons. The van der Waals surface area contributed by atoms with Gasteiger partial charge in [0, 0.05) is 11.3 Å². The Morgan fingerprint density at radius 1 is 1.08 bits per heavy atom. The summed E-state index contributed by atoms with van der Waals surface area (Å²) in [5, 5.41) is 5.63.